The van der Waals surface area contributed by atoms with Gasteiger partial charge in [-0.2, -0.15) is 13.2 Å². The van der Waals surface area contributed by atoms with Crippen LogP contribution in [0.25, 0.3) is 0 Å². The van der Waals surface area contributed by atoms with Gasteiger partial charge < -0.3 is 20.2 Å². The van der Waals surface area contributed by atoms with Gasteiger partial charge in [-0.3, -0.25) is 9.59 Å². The number of carbonyl (C=O) groups excluding carboxylic acids is 3. The molecule has 226 valence electrons. The summed E-state index contributed by atoms with van der Waals surface area (Å²) in [6.45, 7) is -0.178. The summed E-state index contributed by atoms with van der Waals surface area (Å²) in [6, 6.07) is 20.0. The molecule has 13 heteroatoms. The Morgan fingerprint density at radius 3 is 2.35 bits per heavy atom. The standard InChI is InChI=1S/C30H30F3N5O4S/c1-35-19-27(40)37-24(15-20-11-13-23(39)14-12-20)28(41)36(17-22-9-5-6-10-25(22)43-30(31,32)33)18-26(37)38(35)29(42)34-16-21-7-3-2-4-8-21/h2-14,24,26,39H,15-19H2,1H3,(H,34,42)/t24-,26-/m0/s1. The van der Waals surface area contributed by atoms with Crippen molar-refractivity contribution in [3.63, 3.8) is 0 Å². The molecule has 2 aliphatic rings. The van der Waals surface area contributed by atoms with Crippen molar-refractivity contribution in [1.29, 1.82) is 0 Å². The van der Waals surface area contributed by atoms with E-state index in [0.717, 1.165) is 5.56 Å². The first-order valence-corrected chi connectivity index (χ1v) is 14.4. The fraction of sp³-hybridized carbons (Fsp3) is 0.300. The Hall–Kier alpha value is -4.23. The van der Waals surface area contributed by atoms with E-state index >= 15 is 0 Å². The quantitative estimate of drug-likeness (QED) is 0.389. The van der Waals surface area contributed by atoms with Crippen LogP contribution in [0.1, 0.15) is 16.7 Å². The number of piperazine rings is 1. The molecular formula is C30H30F3N5O4S. The van der Waals surface area contributed by atoms with Gasteiger partial charge in [0, 0.05) is 31.5 Å². The SMILES string of the molecule is CN1CC(=O)N2[C@@H](Cc3ccc(O)cc3)C(=O)N(Cc3ccccc3SC(F)(F)F)C[C@@H]2N1C(=O)NCc1ccccc1. The third kappa shape index (κ3) is 7.05. The summed E-state index contributed by atoms with van der Waals surface area (Å²) in [7, 11) is 1.60. The number of urea groups is 1. The second kappa shape index (κ2) is 12.6. The monoisotopic (exact) mass is 613 g/mol. The van der Waals surface area contributed by atoms with Crippen molar-refractivity contribution in [3.8, 4) is 5.75 Å². The zero-order valence-electron chi connectivity index (χ0n) is 23.2. The van der Waals surface area contributed by atoms with E-state index in [1.54, 1.807) is 25.2 Å². The van der Waals surface area contributed by atoms with E-state index in [2.05, 4.69) is 5.32 Å². The molecule has 43 heavy (non-hydrogen) atoms. The van der Waals surface area contributed by atoms with Crippen LogP contribution in [-0.2, 0) is 29.1 Å². The Bertz CT molecular complexity index is 1470. The summed E-state index contributed by atoms with van der Waals surface area (Å²) in [5, 5.41) is 15.5. The third-order valence-corrected chi connectivity index (χ3v) is 8.21. The summed E-state index contributed by atoms with van der Waals surface area (Å²) < 4.78 is 39.9. The number of rotatable bonds is 7. The largest absolute Gasteiger partial charge is 0.508 e. The molecular weight excluding hydrogens is 583 g/mol. The number of amides is 4. The van der Waals surface area contributed by atoms with E-state index in [4.69, 9.17) is 0 Å². The maximum atomic E-state index is 14.0. The number of likely N-dealkylation sites (N-methyl/N-ethyl adjacent to an activating group) is 1. The van der Waals surface area contributed by atoms with Crippen LogP contribution in [0.2, 0.25) is 0 Å². The van der Waals surface area contributed by atoms with Crippen molar-refractivity contribution in [2.75, 3.05) is 20.1 Å². The molecule has 0 saturated carbocycles. The summed E-state index contributed by atoms with van der Waals surface area (Å²) in [5.41, 5.74) is -2.69. The molecule has 2 heterocycles. The Balaban J connectivity index is 1.48. The summed E-state index contributed by atoms with van der Waals surface area (Å²) in [5.74, 6) is -0.767. The van der Waals surface area contributed by atoms with Crippen LogP contribution in [-0.4, -0.2) is 80.6 Å². The zero-order valence-corrected chi connectivity index (χ0v) is 24.0. The second-order valence-corrected chi connectivity index (χ2v) is 11.5. The lowest BCUT2D eigenvalue weighted by molar-refractivity contribution is -0.187. The van der Waals surface area contributed by atoms with Gasteiger partial charge in [-0.25, -0.2) is 14.8 Å². The first-order chi connectivity index (χ1) is 20.5. The molecule has 9 nitrogen and oxygen atoms in total. The van der Waals surface area contributed by atoms with Crippen molar-refractivity contribution in [2.24, 2.45) is 0 Å². The highest BCUT2D eigenvalue weighted by Crippen LogP contribution is 2.39. The van der Waals surface area contributed by atoms with Crippen molar-refractivity contribution < 1.29 is 32.7 Å². The molecule has 0 aromatic heterocycles. The number of alkyl halides is 3. The first-order valence-electron chi connectivity index (χ1n) is 13.5. The van der Waals surface area contributed by atoms with Gasteiger partial charge in [-0.05, 0) is 46.7 Å². The lowest BCUT2D eigenvalue weighted by Gasteiger charge is -2.54. The molecule has 0 unspecified atom stereocenters. The van der Waals surface area contributed by atoms with Crippen molar-refractivity contribution in [3.05, 3.63) is 95.6 Å². The predicted octanol–water partition coefficient (Wildman–Crippen LogP) is 4.18. The molecule has 2 saturated heterocycles. The average molecular weight is 614 g/mol. The smallest absolute Gasteiger partial charge is 0.446 e. The van der Waals surface area contributed by atoms with E-state index in [9.17, 15) is 32.7 Å². The van der Waals surface area contributed by atoms with Crippen LogP contribution in [0.15, 0.2) is 83.8 Å². The van der Waals surface area contributed by atoms with Crippen LogP contribution >= 0.6 is 11.8 Å². The lowest BCUT2D eigenvalue weighted by atomic mass is 9.98. The van der Waals surface area contributed by atoms with Gasteiger partial charge in [0.25, 0.3) is 0 Å². The molecule has 2 aliphatic heterocycles. The number of carbonyl (C=O) groups is 3. The molecule has 3 aromatic rings. The van der Waals surface area contributed by atoms with E-state index in [1.165, 1.54) is 50.1 Å². The van der Waals surface area contributed by atoms with Gasteiger partial charge in [0.15, 0.2) is 0 Å². The maximum absolute atomic E-state index is 14.0. The lowest BCUT2D eigenvalue weighted by Crippen LogP contribution is -2.76. The minimum Gasteiger partial charge on any atom is -0.508 e. The van der Waals surface area contributed by atoms with Crippen LogP contribution in [0.5, 0.6) is 5.75 Å². The van der Waals surface area contributed by atoms with Crippen LogP contribution in [0.4, 0.5) is 18.0 Å². The highest BCUT2D eigenvalue weighted by Gasteiger charge is 2.50. The number of phenolic OH excluding ortho intramolecular Hbond substituents is 1. The number of fused-ring (bicyclic) bond motifs is 1. The van der Waals surface area contributed by atoms with Gasteiger partial charge in [-0.1, -0.05) is 60.7 Å². The van der Waals surface area contributed by atoms with E-state index in [0.29, 0.717) is 11.1 Å². The van der Waals surface area contributed by atoms with E-state index < -0.39 is 29.7 Å². The maximum Gasteiger partial charge on any atom is 0.446 e. The molecule has 0 bridgehead atoms. The van der Waals surface area contributed by atoms with Crippen LogP contribution < -0.4 is 5.32 Å². The predicted molar refractivity (Wildman–Crippen MR) is 153 cm³/mol. The number of nitrogens with zero attached hydrogens (tertiary/aromatic N) is 4. The molecule has 4 amide bonds. The molecule has 2 N–H and O–H groups in total. The van der Waals surface area contributed by atoms with Crippen molar-refractivity contribution >= 4 is 29.6 Å². The molecule has 0 spiro atoms. The molecule has 0 radical (unpaired) electrons. The number of halogens is 3. The fourth-order valence-electron chi connectivity index (χ4n) is 5.42. The Morgan fingerprint density at radius 2 is 1.65 bits per heavy atom. The topological polar surface area (TPSA) is 96.4 Å². The van der Waals surface area contributed by atoms with Gasteiger partial charge in [0.2, 0.25) is 11.8 Å². The number of nitrogens with one attached hydrogen (secondary N) is 1. The molecule has 3 aromatic carbocycles. The number of thioether (sulfide) groups is 1. The number of aromatic hydroxyl groups is 1. The molecule has 5 rings (SSSR count). The number of phenols is 1. The minimum atomic E-state index is -4.52. The fourth-order valence-corrected chi connectivity index (χ4v) is 6.08. The molecule has 2 fully saturated rings. The first kappa shape index (κ1) is 30.2. The number of hydrogen-bond donors (Lipinski definition) is 2. The highest BCUT2D eigenvalue weighted by atomic mass is 32.2. The number of benzene rings is 3. The third-order valence-electron chi connectivity index (χ3n) is 7.36. The Labute approximate surface area is 250 Å². The summed E-state index contributed by atoms with van der Waals surface area (Å²) in [4.78, 5) is 43.8. The Kier molecular flexibility index (Phi) is 8.83. The van der Waals surface area contributed by atoms with E-state index in [1.807, 2.05) is 30.3 Å². The zero-order chi connectivity index (χ0) is 30.7. The molecule has 2 atom stereocenters. The van der Waals surface area contributed by atoms with Gasteiger partial charge in [0.05, 0.1) is 13.1 Å². The highest BCUT2D eigenvalue weighted by molar-refractivity contribution is 8.00. The summed E-state index contributed by atoms with van der Waals surface area (Å²) in [6.07, 6.45) is -0.829. The number of hydrazine groups is 1. The molecule has 0 aliphatic carbocycles. The van der Waals surface area contributed by atoms with E-state index in [-0.39, 0.29) is 60.9 Å². The van der Waals surface area contributed by atoms with Gasteiger partial charge in [-0.15, -0.1) is 0 Å². The van der Waals surface area contributed by atoms with Crippen LogP contribution in [0.3, 0.4) is 0 Å². The van der Waals surface area contributed by atoms with Gasteiger partial charge in [0.1, 0.15) is 18.0 Å². The van der Waals surface area contributed by atoms with Gasteiger partial charge >= 0.3 is 11.5 Å². The second-order valence-electron chi connectivity index (χ2n) is 10.3. The Morgan fingerprint density at radius 1 is 0.977 bits per heavy atom. The normalized spacial score (nSPS) is 19.4. The number of hydrogen-bond acceptors (Lipinski definition) is 6. The van der Waals surface area contributed by atoms with Crippen molar-refractivity contribution in [2.45, 2.75) is 42.1 Å². The summed E-state index contributed by atoms with van der Waals surface area (Å²) >= 11 is -0.254. The van der Waals surface area contributed by atoms with Crippen LogP contribution in [0, 0.1) is 0 Å². The average Bonchev–Trinajstić information content (AvgIpc) is 2.96. The minimum absolute atomic E-state index is 0.0328. The van der Waals surface area contributed by atoms with Crippen molar-refractivity contribution in [1.82, 2.24) is 25.1 Å².